The maximum Gasteiger partial charge on any atom is 0.0596 e. The number of nitrogens with zero attached hydrogens (tertiary/aromatic N) is 2. The molecular formula is C10H19N3. The van der Waals surface area contributed by atoms with Gasteiger partial charge in [0.1, 0.15) is 0 Å². The highest BCUT2D eigenvalue weighted by Gasteiger charge is 1.99. The van der Waals surface area contributed by atoms with E-state index >= 15 is 0 Å². The van der Waals surface area contributed by atoms with E-state index in [1.165, 1.54) is 18.5 Å². The fourth-order valence-corrected chi connectivity index (χ4v) is 1.46. The molecule has 0 aliphatic heterocycles. The molecular weight excluding hydrogens is 162 g/mol. The number of hydrogen-bond acceptors (Lipinski definition) is 2. The molecule has 74 valence electrons. The highest BCUT2D eigenvalue weighted by molar-refractivity contribution is 5.06. The van der Waals surface area contributed by atoms with Gasteiger partial charge in [-0.2, -0.15) is 5.10 Å². The van der Waals surface area contributed by atoms with Gasteiger partial charge in [0.05, 0.1) is 5.69 Å². The average Bonchev–Trinajstić information content (AvgIpc) is 2.39. The molecule has 0 saturated heterocycles. The Labute approximate surface area is 80.1 Å². The molecule has 1 heterocycles. The summed E-state index contributed by atoms with van der Waals surface area (Å²) in [5.41, 5.74) is 2.38. The second-order valence-electron chi connectivity index (χ2n) is 3.46. The highest BCUT2D eigenvalue weighted by atomic mass is 15.3. The quantitative estimate of drug-likeness (QED) is 0.698. The van der Waals surface area contributed by atoms with Crippen LogP contribution in [0.15, 0.2) is 6.07 Å². The van der Waals surface area contributed by atoms with Crippen molar-refractivity contribution in [2.24, 2.45) is 0 Å². The lowest BCUT2D eigenvalue weighted by atomic mass is 10.3. The normalized spacial score (nSPS) is 10.7. The maximum absolute atomic E-state index is 4.40. The van der Waals surface area contributed by atoms with Crippen molar-refractivity contribution in [1.82, 2.24) is 15.1 Å². The van der Waals surface area contributed by atoms with Crippen molar-refractivity contribution >= 4 is 0 Å². The van der Waals surface area contributed by atoms with Crippen LogP contribution in [-0.4, -0.2) is 23.4 Å². The molecule has 0 atom stereocenters. The lowest BCUT2D eigenvalue weighted by Gasteiger charge is -2.03. The molecule has 1 rings (SSSR count). The predicted molar refractivity (Wildman–Crippen MR) is 54.9 cm³/mol. The Morgan fingerprint density at radius 2 is 2.15 bits per heavy atom. The lowest BCUT2D eigenvalue weighted by Crippen LogP contribution is -2.09. The van der Waals surface area contributed by atoms with Crippen LogP contribution < -0.4 is 5.32 Å². The number of nitrogens with one attached hydrogen (secondary N) is 1. The first-order valence-corrected chi connectivity index (χ1v) is 4.89. The third-order valence-corrected chi connectivity index (χ3v) is 2.15. The van der Waals surface area contributed by atoms with Crippen LogP contribution in [-0.2, 0) is 6.54 Å². The Balaban J connectivity index is 2.32. The minimum atomic E-state index is 1.04. The Bertz CT molecular complexity index is 253. The van der Waals surface area contributed by atoms with Crippen LogP contribution in [0.25, 0.3) is 0 Å². The van der Waals surface area contributed by atoms with Gasteiger partial charge in [-0.3, -0.25) is 4.68 Å². The smallest absolute Gasteiger partial charge is 0.0596 e. The zero-order valence-electron chi connectivity index (χ0n) is 8.80. The van der Waals surface area contributed by atoms with E-state index in [1.54, 1.807) is 0 Å². The molecule has 3 nitrogen and oxygen atoms in total. The Hall–Kier alpha value is -0.830. The molecule has 0 amide bonds. The fourth-order valence-electron chi connectivity index (χ4n) is 1.46. The van der Waals surface area contributed by atoms with Crippen molar-refractivity contribution in [3.63, 3.8) is 0 Å². The van der Waals surface area contributed by atoms with Gasteiger partial charge in [-0.1, -0.05) is 0 Å². The largest absolute Gasteiger partial charge is 0.320 e. The van der Waals surface area contributed by atoms with E-state index in [0.29, 0.717) is 0 Å². The summed E-state index contributed by atoms with van der Waals surface area (Å²) in [6.07, 6.45) is 2.41. The SMILES string of the molecule is CNCCCCn1nc(C)cc1C. The van der Waals surface area contributed by atoms with E-state index < -0.39 is 0 Å². The van der Waals surface area contributed by atoms with Gasteiger partial charge in [-0.25, -0.2) is 0 Å². The molecule has 0 saturated carbocycles. The minimum Gasteiger partial charge on any atom is -0.320 e. The summed E-state index contributed by atoms with van der Waals surface area (Å²) < 4.78 is 2.09. The van der Waals surface area contributed by atoms with Gasteiger partial charge in [-0.15, -0.1) is 0 Å². The molecule has 1 aromatic heterocycles. The number of rotatable bonds is 5. The number of unbranched alkanes of at least 4 members (excludes halogenated alkanes) is 1. The zero-order chi connectivity index (χ0) is 9.68. The van der Waals surface area contributed by atoms with E-state index in [1.807, 2.05) is 14.0 Å². The maximum atomic E-state index is 4.40. The summed E-state index contributed by atoms with van der Waals surface area (Å²) in [4.78, 5) is 0. The molecule has 0 spiro atoms. The van der Waals surface area contributed by atoms with Crippen molar-refractivity contribution < 1.29 is 0 Å². The molecule has 0 aliphatic rings. The molecule has 0 fully saturated rings. The molecule has 0 aromatic carbocycles. The van der Waals surface area contributed by atoms with Crippen LogP contribution in [0, 0.1) is 13.8 Å². The van der Waals surface area contributed by atoms with Crippen LogP contribution in [0.3, 0.4) is 0 Å². The van der Waals surface area contributed by atoms with Crippen molar-refractivity contribution in [1.29, 1.82) is 0 Å². The fraction of sp³-hybridized carbons (Fsp3) is 0.700. The standard InChI is InChI=1S/C10H19N3/c1-9-8-10(2)13(12-9)7-5-4-6-11-3/h8,11H,4-7H2,1-3H3. The van der Waals surface area contributed by atoms with E-state index in [2.05, 4.69) is 28.1 Å². The van der Waals surface area contributed by atoms with Crippen molar-refractivity contribution in [2.75, 3.05) is 13.6 Å². The lowest BCUT2D eigenvalue weighted by molar-refractivity contribution is 0.535. The summed E-state index contributed by atoms with van der Waals surface area (Å²) >= 11 is 0. The molecule has 0 aliphatic carbocycles. The van der Waals surface area contributed by atoms with Gasteiger partial charge >= 0.3 is 0 Å². The van der Waals surface area contributed by atoms with Gasteiger partial charge in [0, 0.05) is 12.2 Å². The molecule has 3 heteroatoms. The van der Waals surface area contributed by atoms with E-state index in [9.17, 15) is 0 Å². The second-order valence-corrected chi connectivity index (χ2v) is 3.46. The molecule has 1 aromatic rings. The van der Waals surface area contributed by atoms with Crippen molar-refractivity contribution in [3.8, 4) is 0 Å². The minimum absolute atomic E-state index is 1.04. The third-order valence-electron chi connectivity index (χ3n) is 2.15. The summed E-state index contributed by atoms with van der Waals surface area (Å²) in [6, 6.07) is 2.12. The first-order valence-electron chi connectivity index (χ1n) is 4.89. The third kappa shape index (κ3) is 3.19. The van der Waals surface area contributed by atoms with E-state index in [-0.39, 0.29) is 0 Å². The van der Waals surface area contributed by atoms with Gasteiger partial charge in [0.25, 0.3) is 0 Å². The van der Waals surface area contributed by atoms with Crippen LogP contribution in [0.2, 0.25) is 0 Å². The predicted octanol–water partition coefficient (Wildman–Crippen LogP) is 1.50. The summed E-state index contributed by atoms with van der Waals surface area (Å²) in [7, 11) is 1.99. The second kappa shape index (κ2) is 5.02. The molecule has 0 radical (unpaired) electrons. The summed E-state index contributed by atoms with van der Waals surface area (Å²) in [5.74, 6) is 0. The van der Waals surface area contributed by atoms with Gasteiger partial charge in [-0.05, 0) is 46.3 Å². The topological polar surface area (TPSA) is 29.9 Å². The van der Waals surface area contributed by atoms with Crippen LogP contribution >= 0.6 is 0 Å². The zero-order valence-corrected chi connectivity index (χ0v) is 8.80. The van der Waals surface area contributed by atoms with E-state index in [4.69, 9.17) is 0 Å². The Morgan fingerprint density at radius 1 is 1.38 bits per heavy atom. The van der Waals surface area contributed by atoms with E-state index in [0.717, 1.165) is 18.8 Å². The average molecular weight is 181 g/mol. The van der Waals surface area contributed by atoms with Gasteiger partial charge in [0.2, 0.25) is 0 Å². The highest BCUT2D eigenvalue weighted by Crippen LogP contribution is 2.03. The first-order chi connectivity index (χ1) is 6.24. The van der Waals surface area contributed by atoms with Crippen molar-refractivity contribution in [2.45, 2.75) is 33.2 Å². The van der Waals surface area contributed by atoms with Crippen LogP contribution in [0.5, 0.6) is 0 Å². The Kier molecular flexibility index (Phi) is 3.96. The van der Waals surface area contributed by atoms with Crippen LogP contribution in [0.4, 0.5) is 0 Å². The van der Waals surface area contributed by atoms with Crippen LogP contribution in [0.1, 0.15) is 24.2 Å². The number of aryl methyl sites for hydroxylation is 3. The van der Waals surface area contributed by atoms with Gasteiger partial charge < -0.3 is 5.32 Å². The first kappa shape index (κ1) is 10.3. The van der Waals surface area contributed by atoms with Gasteiger partial charge in [0.15, 0.2) is 0 Å². The molecule has 0 bridgehead atoms. The Morgan fingerprint density at radius 3 is 2.69 bits per heavy atom. The summed E-state index contributed by atoms with van der Waals surface area (Å²) in [5, 5.41) is 7.55. The molecule has 0 unspecified atom stereocenters. The molecule has 1 N–H and O–H groups in total. The molecule has 13 heavy (non-hydrogen) atoms. The monoisotopic (exact) mass is 181 g/mol. The summed E-state index contributed by atoms with van der Waals surface area (Å²) in [6.45, 7) is 6.29. The number of aromatic nitrogens is 2. The van der Waals surface area contributed by atoms with Crippen molar-refractivity contribution in [3.05, 3.63) is 17.5 Å². The number of hydrogen-bond donors (Lipinski definition) is 1.